The van der Waals surface area contributed by atoms with Crippen molar-refractivity contribution in [1.29, 1.82) is 0 Å². The van der Waals surface area contributed by atoms with Crippen LogP contribution >= 0.6 is 11.6 Å². The van der Waals surface area contributed by atoms with Crippen LogP contribution in [0.2, 0.25) is 5.02 Å². The van der Waals surface area contributed by atoms with Crippen molar-refractivity contribution in [3.05, 3.63) is 34.9 Å². The summed E-state index contributed by atoms with van der Waals surface area (Å²) in [6.07, 6.45) is 7.70. The van der Waals surface area contributed by atoms with Crippen LogP contribution in [0.1, 0.15) is 44.1 Å². The average Bonchev–Trinajstić information content (AvgIpc) is 2.58. The summed E-state index contributed by atoms with van der Waals surface area (Å²) in [5, 5.41) is 10.4. The molecule has 0 bridgehead atoms. The number of nitrogens with zero attached hydrogens (tertiary/aromatic N) is 2. The van der Waals surface area contributed by atoms with Crippen molar-refractivity contribution in [3.8, 4) is 0 Å². The van der Waals surface area contributed by atoms with Crippen molar-refractivity contribution in [2.45, 2.75) is 57.2 Å². The van der Waals surface area contributed by atoms with E-state index in [1.165, 1.54) is 37.7 Å². The number of hydrogen-bond donors (Lipinski definition) is 1. The second-order valence-corrected chi connectivity index (χ2v) is 7.43. The Bertz CT molecular complexity index is 490. The smallest absolute Gasteiger partial charge is 0.0451 e. The molecule has 2 aliphatic rings. The van der Waals surface area contributed by atoms with Crippen LogP contribution in [-0.2, 0) is 6.54 Å². The van der Waals surface area contributed by atoms with Gasteiger partial charge in [0.2, 0.25) is 0 Å². The van der Waals surface area contributed by atoms with Gasteiger partial charge in [-0.2, -0.15) is 0 Å². The molecule has 4 heteroatoms. The Morgan fingerprint density at radius 3 is 2.61 bits per heavy atom. The molecule has 1 atom stereocenters. The summed E-state index contributed by atoms with van der Waals surface area (Å²) in [6.45, 7) is 4.47. The van der Waals surface area contributed by atoms with Gasteiger partial charge in [0.1, 0.15) is 0 Å². The number of aliphatic hydroxyl groups is 1. The molecule has 1 aliphatic heterocycles. The summed E-state index contributed by atoms with van der Waals surface area (Å²) in [5.74, 6) is 0. The van der Waals surface area contributed by atoms with E-state index in [0.717, 1.165) is 43.7 Å². The summed E-state index contributed by atoms with van der Waals surface area (Å²) in [5.41, 5.74) is 1.21. The summed E-state index contributed by atoms with van der Waals surface area (Å²) in [7, 11) is 0. The van der Waals surface area contributed by atoms with Gasteiger partial charge in [-0.1, -0.05) is 49.1 Å². The van der Waals surface area contributed by atoms with Crippen LogP contribution in [0, 0.1) is 0 Å². The quantitative estimate of drug-likeness (QED) is 0.891. The SMILES string of the molecule is OCCC1CN(Cc2ccccc2Cl)CCN1C1CCCCC1. The molecule has 1 saturated carbocycles. The fraction of sp³-hybridized carbons (Fsp3) is 0.684. The zero-order valence-electron chi connectivity index (χ0n) is 14.0. The number of rotatable bonds is 5. The third-order valence-corrected chi connectivity index (χ3v) is 5.84. The first-order chi connectivity index (χ1) is 11.3. The summed E-state index contributed by atoms with van der Waals surface area (Å²) >= 11 is 6.31. The van der Waals surface area contributed by atoms with E-state index in [2.05, 4.69) is 21.9 Å². The van der Waals surface area contributed by atoms with E-state index in [4.69, 9.17) is 11.6 Å². The van der Waals surface area contributed by atoms with E-state index >= 15 is 0 Å². The predicted molar refractivity (Wildman–Crippen MR) is 95.8 cm³/mol. The second kappa shape index (κ2) is 8.48. The van der Waals surface area contributed by atoms with Gasteiger partial charge in [0.25, 0.3) is 0 Å². The molecular formula is C19H29ClN2O. The van der Waals surface area contributed by atoms with Crippen LogP contribution in [0.5, 0.6) is 0 Å². The molecule has 1 aromatic rings. The highest BCUT2D eigenvalue weighted by Crippen LogP contribution is 2.28. The lowest BCUT2D eigenvalue weighted by atomic mass is 9.91. The first-order valence-corrected chi connectivity index (χ1v) is 9.48. The minimum absolute atomic E-state index is 0.286. The molecule has 0 spiro atoms. The lowest BCUT2D eigenvalue weighted by molar-refractivity contribution is 0.0137. The van der Waals surface area contributed by atoms with Crippen molar-refractivity contribution < 1.29 is 5.11 Å². The monoisotopic (exact) mass is 336 g/mol. The first kappa shape index (κ1) is 17.2. The van der Waals surface area contributed by atoms with Gasteiger partial charge in [-0.15, -0.1) is 0 Å². The summed E-state index contributed by atoms with van der Waals surface area (Å²) in [4.78, 5) is 5.19. The maximum atomic E-state index is 9.49. The molecule has 128 valence electrons. The molecule has 3 nitrogen and oxygen atoms in total. The molecule has 0 aromatic heterocycles. The standard InChI is InChI=1S/C19H29ClN2O/c20-19-9-5-4-6-16(19)14-21-11-12-22(18(15-21)10-13-23)17-7-2-1-3-8-17/h4-6,9,17-18,23H,1-3,7-8,10-15H2. The molecule has 0 radical (unpaired) electrons. The van der Waals surface area contributed by atoms with Crippen LogP contribution in [0.15, 0.2) is 24.3 Å². The highest BCUT2D eigenvalue weighted by Gasteiger charge is 2.32. The number of benzene rings is 1. The van der Waals surface area contributed by atoms with E-state index in [1.807, 2.05) is 12.1 Å². The van der Waals surface area contributed by atoms with Gasteiger partial charge >= 0.3 is 0 Å². The van der Waals surface area contributed by atoms with Gasteiger partial charge in [-0.05, 0) is 30.9 Å². The van der Waals surface area contributed by atoms with E-state index in [-0.39, 0.29) is 6.61 Å². The van der Waals surface area contributed by atoms with Gasteiger partial charge in [0.05, 0.1) is 0 Å². The fourth-order valence-electron chi connectivity index (χ4n) is 4.24. The van der Waals surface area contributed by atoms with Crippen molar-refractivity contribution in [3.63, 3.8) is 0 Å². The van der Waals surface area contributed by atoms with Crippen LogP contribution in [0.4, 0.5) is 0 Å². The van der Waals surface area contributed by atoms with Crippen molar-refractivity contribution in [2.75, 3.05) is 26.2 Å². The topological polar surface area (TPSA) is 26.7 Å². The largest absolute Gasteiger partial charge is 0.396 e. The Hall–Kier alpha value is -0.610. The van der Waals surface area contributed by atoms with E-state index < -0.39 is 0 Å². The predicted octanol–water partition coefficient (Wildman–Crippen LogP) is 3.54. The molecule has 1 N–H and O–H groups in total. The normalized spacial score (nSPS) is 24.9. The van der Waals surface area contributed by atoms with Crippen molar-refractivity contribution >= 4 is 11.6 Å². The van der Waals surface area contributed by atoms with Crippen LogP contribution in [-0.4, -0.2) is 53.2 Å². The Labute approximate surface area is 145 Å². The Kier molecular flexibility index (Phi) is 6.35. The molecule has 23 heavy (non-hydrogen) atoms. The fourth-order valence-corrected chi connectivity index (χ4v) is 4.44. The highest BCUT2D eigenvalue weighted by molar-refractivity contribution is 6.31. The zero-order valence-corrected chi connectivity index (χ0v) is 14.7. The van der Waals surface area contributed by atoms with Crippen molar-refractivity contribution in [2.24, 2.45) is 0 Å². The number of halogens is 1. The van der Waals surface area contributed by atoms with Gasteiger partial charge in [0.15, 0.2) is 0 Å². The van der Waals surface area contributed by atoms with Gasteiger partial charge in [-0.3, -0.25) is 9.80 Å². The molecular weight excluding hydrogens is 308 g/mol. The maximum absolute atomic E-state index is 9.49. The molecule has 0 amide bonds. The minimum atomic E-state index is 0.286. The molecule has 1 saturated heterocycles. The maximum Gasteiger partial charge on any atom is 0.0451 e. The Morgan fingerprint density at radius 1 is 1.09 bits per heavy atom. The Balaban J connectivity index is 1.62. The van der Waals surface area contributed by atoms with E-state index in [9.17, 15) is 5.11 Å². The number of aliphatic hydroxyl groups excluding tert-OH is 1. The number of hydrogen-bond acceptors (Lipinski definition) is 3. The van der Waals surface area contributed by atoms with E-state index in [1.54, 1.807) is 0 Å². The molecule has 1 heterocycles. The highest BCUT2D eigenvalue weighted by atomic mass is 35.5. The Morgan fingerprint density at radius 2 is 1.87 bits per heavy atom. The summed E-state index contributed by atoms with van der Waals surface area (Å²) < 4.78 is 0. The van der Waals surface area contributed by atoms with Crippen molar-refractivity contribution in [1.82, 2.24) is 9.80 Å². The molecule has 1 unspecified atom stereocenters. The third-order valence-electron chi connectivity index (χ3n) is 5.47. The first-order valence-electron chi connectivity index (χ1n) is 9.10. The van der Waals surface area contributed by atoms with E-state index in [0.29, 0.717) is 6.04 Å². The average molecular weight is 337 g/mol. The second-order valence-electron chi connectivity index (χ2n) is 7.02. The third kappa shape index (κ3) is 4.48. The molecule has 2 fully saturated rings. The van der Waals surface area contributed by atoms with Crippen LogP contribution < -0.4 is 0 Å². The zero-order chi connectivity index (χ0) is 16.1. The molecule has 3 rings (SSSR count). The van der Waals surface area contributed by atoms with Gasteiger partial charge in [-0.25, -0.2) is 0 Å². The van der Waals surface area contributed by atoms with Gasteiger partial charge in [0, 0.05) is 49.9 Å². The minimum Gasteiger partial charge on any atom is -0.396 e. The van der Waals surface area contributed by atoms with Crippen LogP contribution in [0.3, 0.4) is 0 Å². The lowest BCUT2D eigenvalue weighted by Crippen LogP contribution is -2.56. The lowest BCUT2D eigenvalue weighted by Gasteiger charge is -2.46. The van der Waals surface area contributed by atoms with Gasteiger partial charge < -0.3 is 5.11 Å². The summed E-state index contributed by atoms with van der Waals surface area (Å²) in [6, 6.07) is 9.37. The molecule has 1 aliphatic carbocycles. The molecule has 1 aromatic carbocycles. The number of piperazine rings is 1. The van der Waals surface area contributed by atoms with Crippen LogP contribution in [0.25, 0.3) is 0 Å².